The first-order valence-electron chi connectivity index (χ1n) is 6.78. The second kappa shape index (κ2) is 5.01. The van der Waals surface area contributed by atoms with E-state index in [-0.39, 0.29) is 9.89 Å². The minimum Gasteiger partial charge on any atom is -0.465 e. The fraction of sp³-hybridized carbons (Fsp3) is 0.500. The third-order valence-corrected chi connectivity index (χ3v) is 5.01. The zero-order valence-electron chi connectivity index (χ0n) is 11.7. The van der Waals surface area contributed by atoms with Crippen LogP contribution in [0.5, 0.6) is 5.75 Å². The van der Waals surface area contributed by atoms with Crippen molar-refractivity contribution in [3.05, 3.63) is 28.2 Å². The Morgan fingerprint density at radius 2 is 1.91 bits per heavy atom. The van der Waals surface area contributed by atoms with E-state index in [1.807, 2.05) is 0 Å². The molecule has 1 saturated heterocycles. The molecule has 1 aromatic carbocycles. The van der Waals surface area contributed by atoms with Crippen molar-refractivity contribution in [3.63, 3.8) is 0 Å². The fourth-order valence-corrected chi connectivity index (χ4v) is 3.84. The molecule has 0 bridgehead atoms. The number of rotatable bonds is 2. The van der Waals surface area contributed by atoms with Crippen molar-refractivity contribution in [1.29, 1.82) is 0 Å². The molecule has 1 aliphatic carbocycles. The Morgan fingerprint density at radius 3 is 2.43 bits per heavy atom. The van der Waals surface area contributed by atoms with E-state index < -0.39 is 23.8 Å². The van der Waals surface area contributed by atoms with Gasteiger partial charge >= 0.3 is 12.5 Å². The first kappa shape index (κ1) is 16.4. The average Bonchev–Trinajstić information content (AvgIpc) is 2.32. The summed E-state index contributed by atoms with van der Waals surface area (Å²) in [7, 11) is 0. The molecule has 1 spiro atoms. The molecule has 9 heteroatoms. The third kappa shape index (κ3) is 2.99. The van der Waals surface area contributed by atoms with Crippen LogP contribution in [0.4, 0.5) is 18.0 Å². The number of ether oxygens (including phenoxy) is 1. The Bertz CT molecular complexity index is 650. The maximum atomic E-state index is 12.4. The summed E-state index contributed by atoms with van der Waals surface area (Å²) < 4.78 is 41.2. The average molecular weight is 396 g/mol. The standard InChI is InChI=1S/C14H13BrF3NO4/c15-9-2-1-8(3-10(9)23-14(16,17)18)13(22)4-12(5-13)6-19(7-12)11(20)21/h1-3,22H,4-7H2,(H,20,21). The molecule has 1 aromatic rings. The van der Waals surface area contributed by atoms with Gasteiger partial charge in [0.2, 0.25) is 0 Å². The number of hydrogen-bond donors (Lipinski definition) is 2. The van der Waals surface area contributed by atoms with Crippen molar-refractivity contribution < 1.29 is 32.9 Å². The number of carboxylic acid groups (broad SMARTS) is 1. The van der Waals surface area contributed by atoms with E-state index in [1.165, 1.54) is 17.0 Å². The molecular weight excluding hydrogens is 383 g/mol. The summed E-state index contributed by atoms with van der Waals surface area (Å²) in [6, 6.07) is 4.09. The third-order valence-electron chi connectivity index (χ3n) is 4.35. The number of hydrogen-bond acceptors (Lipinski definition) is 3. The van der Waals surface area contributed by atoms with Gasteiger partial charge in [0.15, 0.2) is 0 Å². The molecular formula is C14H13BrF3NO4. The Balaban J connectivity index is 1.73. The van der Waals surface area contributed by atoms with E-state index >= 15 is 0 Å². The van der Waals surface area contributed by atoms with E-state index in [0.717, 1.165) is 6.07 Å². The monoisotopic (exact) mass is 395 g/mol. The fourth-order valence-electron chi connectivity index (χ4n) is 3.51. The molecule has 1 aliphatic heterocycles. The number of carbonyl (C=O) groups is 1. The number of nitrogens with zero attached hydrogens (tertiary/aromatic N) is 1. The van der Waals surface area contributed by atoms with Gasteiger partial charge in [0.05, 0.1) is 10.1 Å². The van der Waals surface area contributed by atoms with E-state index in [4.69, 9.17) is 5.11 Å². The molecule has 5 nitrogen and oxygen atoms in total. The van der Waals surface area contributed by atoms with Gasteiger partial charge in [0.25, 0.3) is 0 Å². The van der Waals surface area contributed by atoms with Crippen LogP contribution in [0.2, 0.25) is 0 Å². The van der Waals surface area contributed by atoms with Gasteiger partial charge in [-0.05, 0) is 46.5 Å². The van der Waals surface area contributed by atoms with Crippen LogP contribution < -0.4 is 4.74 Å². The minimum atomic E-state index is -4.82. The van der Waals surface area contributed by atoms with Crippen molar-refractivity contribution in [3.8, 4) is 5.75 Å². The summed E-state index contributed by atoms with van der Waals surface area (Å²) in [6.45, 7) is 0.681. The van der Waals surface area contributed by atoms with Crippen molar-refractivity contribution in [2.75, 3.05) is 13.1 Å². The number of alkyl halides is 3. The van der Waals surface area contributed by atoms with Crippen molar-refractivity contribution >= 4 is 22.0 Å². The molecule has 2 N–H and O–H groups in total. The lowest BCUT2D eigenvalue weighted by atomic mass is 9.53. The molecule has 1 saturated carbocycles. The highest BCUT2D eigenvalue weighted by molar-refractivity contribution is 9.10. The molecule has 23 heavy (non-hydrogen) atoms. The van der Waals surface area contributed by atoms with Gasteiger partial charge in [-0.15, -0.1) is 13.2 Å². The molecule has 2 fully saturated rings. The second-order valence-electron chi connectivity index (χ2n) is 6.22. The molecule has 0 radical (unpaired) electrons. The van der Waals surface area contributed by atoms with Gasteiger partial charge < -0.3 is 19.8 Å². The number of halogens is 4. The van der Waals surface area contributed by atoms with Gasteiger partial charge in [0, 0.05) is 18.5 Å². The van der Waals surface area contributed by atoms with Gasteiger partial charge in [-0.3, -0.25) is 0 Å². The maximum absolute atomic E-state index is 12.4. The SMILES string of the molecule is O=C(O)N1CC2(C1)CC(O)(c1ccc(Br)c(OC(F)(F)F)c1)C2. The van der Waals surface area contributed by atoms with Gasteiger partial charge in [-0.2, -0.15) is 0 Å². The number of amides is 1. The first-order valence-corrected chi connectivity index (χ1v) is 7.57. The summed E-state index contributed by atoms with van der Waals surface area (Å²) in [5.74, 6) is -0.412. The predicted octanol–water partition coefficient (Wildman–Crippen LogP) is 3.31. The Labute approximate surface area is 137 Å². The highest BCUT2D eigenvalue weighted by atomic mass is 79.9. The normalized spacial score (nSPS) is 21.5. The number of likely N-dealkylation sites (tertiary alicyclic amines) is 1. The van der Waals surface area contributed by atoms with Crippen LogP contribution in [0.15, 0.2) is 22.7 Å². The molecule has 126 valence electrons. The Hall–Kier alpha value is -1.48. The van der Waals surface area contributed by atoms with Crippen molar-refractivity contribution in [2.45, 2.75) is 24.8 Å². The summed E-state index contributed by atoms with van der Waals surface area (Å²) in [6.07, 6.45) is -5.19. The van der Waals surface area contributed by atoms with E-state index in [0.29, 0.717) is 31.5 Å². The summed E-state index contributed by atoms with van der Waals surface area (Å²) in [5, 5.41) is 19.4. The highest BCUT2D eigenvalue weighted by Gasteiger charge is 2.61. The molecule has 0 aromatic heterocycles. The second-order valence-corrected chi connectivity index (χ2v) is 7.07. The molecule has 0 atom stereocenters. The minimum absolute atomic E-state index is 0.136. The molecule has 1 amide bonds. The smallest absolute Gasteiger partial charge is 0.465 e. The highest BCUT2D eigenvalue weighted by Crippen LogP contribution is 2.59. The number of benzene rings is 1. The lowest BCUT2D eigenvalue weighted by molar-refractivity contribution is -0.275. The first-order chi connectivity index (χ1) is 10.5. The van der Waals surface area contributed by atoms with Gasteiger partial charge in [0.1, 0.15) is 5.75 Å². The van der Waals surface area contributed by atoms with Crippen LogP contribution in [0, 0.1) is 5.41 Å². The quantitative estimate of drug-likeness (QED) is 0.805. The number of aliphatic hydroxyl groups is 1. The van der Waals surface area contributed by atoms with Gasteiger partial charge in [-0.1, -0.05) is 6.07 Å². The zero-order valence-corrected chi connectivity index (χ0v) is 13.3. The van der Waals surface area contributed by atoms with Gasteiger partial charge in [-0.25, -0.2) is 4.79 Å². The Morgan fingerprint density at radius 1 is 1.30 bits per heavy atom. The van der Waals surface area contributed by atoms with Crippen molar-refractivity contribution in [1.82, 2.24) is 4.90 Å². The molecule has 3 rings (SSSR count). The molecule has 1 heterocycles. The van der Waals surface area contributed by atoms with Crippen LogP contribution in [0.25, 0.3) is 0 Å². The summed E-state index contributed by atoms with van der Waals surface area (Å²) in [5.41, 5.74) is -1.19. The van der Waals surface area contributed by atoms with Crippen LogP contribution in [-0.2, 0) is 5.60 Å². The lowest BCUT2D eigenvalue weighted by Crippen LogP contribution is -2.67. The Kier molecular flexibility index (Phi) is 3.57. The topological polar surface area (TPSA) is 70.0 Å². The molecule has 2 aliphatic rings. The van der Waals surface area contributed by atoms with Crippen LogP contribution >= 0.6 is 15.9 Å². The van der Waals surface area contributed by atoms with E-state index in [9.17, 15) is 23.1 Å². The maximum Gasteiger partial charge on any atom is 0.573 e. The predicted molar refractivity (Wildman–Crippen MR) is 76.0 cm³/mol. The largest absolute Gasteiger partial charge is 0.573 e. The van der Waals surface area contributed by atoms with Crippen molar-refractivity contribution in [2.24, 2.45) is 5.41 Å². The van der Waals surface area contributed by atoms with Crippen LogP contribution in [0.1, 0.15) is 18.4 Å². The van der Waals surface area contributed by atoms with E-state index in [1.54, 1.807) is 0 Å². The molecule has 0 unspecified atom stereocenters. The summed E-state index contributed by atoms with van der Waals surface area (Å²) in [4.78, 5) is 12.0. The van der Waals surface area contributed by atoms with Crippen LogP contribution in [0.3, 0.4) is 0 Å². The zero-order chi connectivity index (χ0) is 17.0. The summed E-state index contributed by atoms with van der Waals surface area (Å²) >= 11 is 2.98. The lowest BCUT2D eigenvalue weighted by Gasteiger charge is -2.61. The van der Waals surface area contributed by atoms with E-state index in [2.05, 4.69) is 20.7 Å². The van der Waals surface area contributed by atoms with Crippen LogP contribution in [-0.4, -0.2) is 40.7 Å².